The number of hydrogen-bond donors (Lipinski definition) is 1. The molecule has 1 rings (SSSR count). The highest BCUT2D eigenvalue weighted by Gasteiger charge is 2.51. The molecule has 0 bridgehead atoms. The van der Waals surface area contributed by atoms with E-state index in [1.807, 2.05) is 39.0 Å². The maximum absolute atomic E-state index is 13.3. The van der Waals surface area contributed by atoms with E-state index in [1.165, 1.54) is 11.8 Å². The van der Waals surface area contributed by atoms with Gasteiger partial charge in [0.2, 0.25) is 5.91 Å². The summed E-state index contributed by atoms with van der Waals surface area (Å²) in [7, 11) is 0. The number of nitrogens with zero attached hydrogens (tertiary/aromatic N) is 1. The van der Waals surface area contributed by atoms with Crippen LogP contribution in [0.15, 0.2) is 23.8 Å². The summed E-state index contributed by atoms with van der Waals surface area (Å²) in [6.45, 7) is 17.9. The summed E-state index contributed by atoms with van der Waals surface area (Å²) < 4.78 is 11.3. The lowest BCUT2D eigenvalue weighted by Crippen LogP contribution is -2.56. The van der Waals surface area contributed by atoms with Gasteiger partial charge in [0.05, 0.1) is 12.1 Å². The monoisotopic (exact) mass is 436 g/mol. The third-order valence-corrected chi connectivity index (χ3v) is 4.56. The Hall–Kier alpha value is -2.31. The Bertz CT molecular complexity index is 723. The third-order valence-electron chi connectivity index (χ3n) is 4.56. The van der Waals surface area contributed by atoms with E-state index in [4.69, 9.17) is 9.47 Å². The number of esters is 1. The van der Waals surface area contributed by atoms with Gasteiger partial charge in [-0.1, -0.05) is 23.8 Å². The molecule has 0 radical (unpaired) electrons. The number of carbonyl (C=O) groups excluding carboxylic acids is 3. The first kappa shape index (κ1) is 26.7. The number of amides is 2. The highest BCUT2D eigenvalue weighted by atomic mass is 16.6. The van der Waals surface area contributed by atoms with Crippen molar-refractivity contribution in [3.05, 3.63) is 23.8 Å². The van der Waals surface area contributed by atoms with Crippen molar-refractivity contribution in [3.63, 3.8) is 0 Å². The van der Waals surface area contributed by atoms with Crippen LogP contribution in [0.4, 0.5) is 4.79 Å². The number of rotatable bonds is 5. The van der Waals surface area contributed by atoms with Crippen molar-refractivity contribution in [3.8, 4) is 0 Å². The fraction of sp³-hybridized carbons (Fsp3) is 0.708. The first-order chi connectivity index (χ1) is 14.1. The van der Waals surface area contributed by atoms with Gasteiger partial charge in [0.1, 0.15) is 17.2 Å². The lowest BCUT2D eigenvalue weighted by atomic mass is 9.91. The fourth-order valence-electron chi connectivity index (χ4n) is 3.77. The van der Waals surface area contributed by atoms with Gasteiger partial charge >= 0.3 is 12.1 Å². The molecular weight excluding hydrogens is 396 g/mol. The normalized spacial score (nSPS) is 22.8. The number of likely N-dealkylation sites (tertiary alicyclic amines) is 1. The van der Waals surface area contributed by atoms with Crippen LogP contribution in [0.5, 0.6) is 0 Å². The van der Waals surface area contributed by atoms with E-state index in [0.717, 1.165) is 5.57 Å². The maximum Gasteiger partial charge on any atom is 0.411 e. The molecule has 176 valence electrons. The zero-order valence-electron chi connectivity index (χ0n) is 20.7. The Morgan fingerprint density at radius 3 is 1.97 bits per heavy atom. The Balaban J connectivity index is 3.55. The highest BCUT2D eigenvalue weighted by Crippen LogP contribution is 2.36. The molecule has 4 atom stereocenters. The van der Waals surface area contributed by atoms with Crippen molar-refractivity contribution in [1.29, 1.82) is 0 Å². The van der Waals surface area contributed by atoms with Crippen molar-refractivity contribution >= 4 is 18.0 Å². The van der Waals surface area contributed by atoms with Gasteiger partial charge < -0.3 is 14.8 Å². The molecule has 1 saturated heterocycles. The van der Waals surface area contributed by atoms with Gasteiger partial charge in [0.15, 0.2) is 0 Å². The maximum atomic E-state index is 13.3. The van der Waals surface area contributed by atoms with E-state index in [2.05, 4.69) is 5.32 Å². The fourth-order valence-corrected chi connectivity index (χ4v) is 3.77. The van der Waals surface area contributed by atoms with E-state index in [0.29, 0.717) is 6.42 Å². The van der Waals surface area contributed by atoms with Crippen LogP contribution >= 0.6 is 0 Å². The topological polar surface area (TPSA) is 84.9 Å². The van der Waals surface area contributed by atoms with Crippen LogP contribution in [0, 0.1) is 5.92 Å². The minimum absolute atomic E-state index is 0.164. The Morgan fingerprint density at radius 1 is 1.00 bits per heavy atom. The summed E-state index contributed by atoms with van der Waals surface area (Å²) in [5.74, 6) is -0.858. The number of carbonyl (C=O) groups is 3. The Morgan fingerprint density at radius 2 is 1.55 bits per heavy atom. The summed E-state index contributed by atoms with van der Waals surface area (Å²) in [5.41, 5.74) is -0.441. The summed E-state index contributed by atoms with van der Waals surface area (Å²) in [6, 6.07) is -1.80. The second-order valence-corrected chi connectivity index (χ2v) is 10.3. The molecule has 0 aromatic carbocycles. The van der Waals surface area contributed by atoms with Crippen LogP contribution in [-0.2, 0) is 19.1 Å². The van der Waals surface area contributed by atoms with Crippen LogP contribution in [0.2, 0.25) is 0 Å². The Labute approximate surface area is 187 Å². The molecule has 1 unspecified atom stereocenters. The van der Waals surface area contributed by atoms with E-state index in [1.54, 1.807) is 41.5 Å². The molecule has 1 aliphatic rings. The summed E-state index contributed by atoms with van der Waals surface area (Å²) >= 11 is 0. The van der Waals surface area contributed by atoms with Crippen molar-refractivity contribution in [2.45, 2.75) is 105 Å². The first-order valence-electron chi connectivity index (χ1n) is 10.8. The minimum Gasteiger partial charge on any atom is -0.458 e. The molecule has 1 N–H and O–H groups in total. The smallest absolute Gasteiger partial charge is 0.411 e. The average Bonchev–Trinajstić information content (AvgIpc) is 2.90. The summed E-state index contributed by atoms with van der Waals surface area (Å²) in [4.78, 5) is 39.9. The third kappa shape index (κ3) is 8.38. The van der Waals surface area contributed by atoms with E-state index >= 15 is 0 Å². The molecule has 0 aliphatic carbocycles. The average molecular weight is 437 g/mol. The van der Waals surface area contributed by atoms with Crippen LogP contribution < -0.4 is 5.32 Å². The van der Waals surface area contributed by atoms with Crippen LogP contribution in [0.25, 0.3) is 0 Å². The zero-order chi connectivity index (χ0) is 24.1. The SMILES string of the molecule is C/C=C\[C@@H]1C[C@@H](C(=O)OC(C)(C)C)N(C(=O)OC(C)(C)C)[C@H]1C(C=C(C)C)NC(C)=O. The lowest BCUT2D eigenvalue weighted by molar-refractivity contribution is -0.160. The van der Waals surface area contributed by atoms with Gasteiger partial charge in [-0.2, -0.15) is 0 Å². The number of hydrogen-bond acceptors (Lipinski definition) is 5. The van der Waals surface area contributed by atoms with Gasteiger partial charge in [-0.15, -0.1) is 0 Å². The van der Waals surface area contributed by atoms with Crippen LogP contribution in [0.3, 0.4) is 0 Å². The van der Waals surface area contributed by atoms with Crippen molar-refractivity contribution < 1.29 is 23.9 Å². The molecule has 7 heteroatoms. The molecule has 0 saturated carbocycles. The lowest BCUT2D eigenvalue weighted by Gasteiger charge is -2.36. The quantitative estimate of drug-likeness (QED) is 0.511. The molecule has 1 heterocycles. The standard InChI is InChI=1S/C24H40N2O5/c1-11-12-17-14-19(21(28)30-23(5,6)7)26(22(29)31-24(8,9)10)20(17)18(13-15(2)3)25-16(4)27/h11-13,17-20H,14H2,1-10H3,(H,25,27)/b12-11-/t17-,18?,19+,20-/m1/s1. The predicted molar refractivity (Wildman–Crippen MR) is 121 cm³/mol. The van der Waals surface area contributed by atoms with Crippen molar-refractivity contribution in [1.82, 2.24) is 10.2 Å². The first-order valence-corrected chi connectivity index (χ1v) is 10.8. The molecule has 1 aliphatic heterocycles. The number of nitrogens with one attached hydrogen (secondary N) is 1. The zero-order valence-corrected chi connectivity index (χ0v) is 20.7. The summed E-state index contributed by atoms with van der Waals surface area (Å²) in [5, 5.41) is 2.95. The van der Waals surface area contributed by atoms with Crippen molar-refractivity contribution in [2.24, 2.45) is 5.92 Å². The van der Waals surface area contributed by atoms with Crippen molar-refractivity contribution in [2.75, 3.05) is 0 Å². The van der Waals surface area contributed by atoms with Gasteiger partial charge in [0.25, 0.3) is 0 Å². The second-order valence-electron chi connectivity index (χ2n) is 10.3. The van der Waals surface area contributed by atoms with Crippen LogP contribution in [-0.4, -0.2) is 52.2 Å². The van der Waals surface area contributed by atoms with E-state index in [9.17, 15) is 14.4 Å². The molecule has 7 nitrogen and oxygen atoms in total. The molecule has 0 spiro atoms. The molecular formula is C24H40N2O5. The number of ether oxygens (including phenoxy) is 2. The van der Waals surface area contributed by atoms with Gasteiger partial charge in [-0.25, -0.2) is 9.59 Å². The highest BCUT2D eigenvalue weighted by molar-refractivity contribution is 5.83. The largest absolute Gasteiger partial charge is 0.458 e. The molecule has 1 fully saturated rings. The molecule has 2 amide bonds. The Kier molecular flexibility index (Phi) is 8.91. The minimum atomic E-state index is -0.818. The van der Waals surface area contributed by atoms with E-state index in [-0.39, 0.29) is 11.8 Å². The summed E-state index contributed by atoms with van der Waals surface area (Å²) in [6.07, 6.45) is 5.57. The molecule has 31 heavy (non-hydrogen) atoms. The van der Waals surface area contributed by atoms with Gasteiger partial charge in [0, 0.05) is 12.8 Å². The van der Waals surface area contributed by atoms with Gasteiger partial charge in [-0.3, -0.25) is 9.69 Å². The van der Waals surface area contributed by atoms with Gasteiger partial charge in [-0.05, 0) is 68.7 Å². The molecule has 0 aromatic rings. The van der Waals surface area contributed by atoms with E-state index < -0.39 is 41.4 Å². The second kappa shape index (κ2) is 10.3. The predicted octanol–water partition coefficient (Wildman–Crippen LogP) is 4.37. The molecule has 0 aromatic heterocycles. The van der Waals surface area contributed by atoms with Crippen LogP contribution in [0.1, 0.15) is 75.7 Å². The number of allylic oxidation sites excluding steroid dienone is 2.